The third kappa shape index (κ3) is 23.3. The van der Waals surface area contributed by atoms with Crippen molar-refractivity contribution in [2.75, 3.05) is 26.2 Å². The number of aliphatic hydroxyl groups is 1. The molecular formula is C71H94ClN17O13. The van der Waals surface area contributed by atoms with Crippen molar-refractivity contribution in [2.45, 2.75) is 165 Å². The summed E-state index contributed by atoms with van der Waals surface area (Å²) in [4.78, 5) is 167. The SMILES string of the molecule is CC(=O)N[C@H](Cc1c[nH]c2ccccc12)C(=O)NC(=O)[C@@H](C)NC(=O)[C@@H]1CCCN1C(=O)[C@H](CCCN=C(N)N)NC(=O)[C@H](CC(C)C)NC(=O)[C@@H](CCCCN)NC(=O)[C@H](Cc1ccc(O)cc1)NC(=O)[C@H](CO)NC(=O)[C@@H](Cc1c[nH]c2ccccc12)NC(=O)[C@H](N)Cc1ccc(Cl)cc1. The topological polar surface area (TPSA) is 488 Å². The summed E-state index contributed by atoms with van der Waals surface area (Å²) in [6.07, 6.45) is 4.42. The second kappa shape index (κ2) is 38.4. The number of carbonyl (C=O) groups is 11. The number of phenols is 1. The number of likely N-dealkylation sites (tertiary alicyclic amines) is 1. The fourth-order valence-electron chi connectivity index (χ4n) is 12.0. The number of hydrogen-bond donors (Lipinski definition) is 17. The molecule has 21 N–H and O–H groups in total. The van der Waals surface area contributed by atoms with Crippen LogP contribution >= 0.6 is 11.6 Å². The molecule has 30 nitrogen and oxygen atoms in total. The van der Waals surface area contributed by atoms with Crippen molar-refractivity contribution in [3.63, 3.8) is 0 Å². The van der Waals surface area contributed by atoms with Crippen molar-refractivity contribution < 1.29 is 63.0 Å². The van der Waals surface area contributed by atoms with Crippen LogP contribution in [0, 0.1) is 5.92 Å². The number of carbonyl (C=O) groups excluding carboxylic acids is 11. The van der Waals surface area contributed by atoms with Crippen LogP contribution in [0.3, 0.4) is 0 Å². The molecule has 548 valence electrons. The lowest BCUT2D eigenvalue weighted by atomic mass is 10.00. The Labute approximate surface area is 595 Å². The van der Waals surface area contributed by atoms with Gasteiger partial charge in [-0.25, -0.2) is 0 Å². The number of phenolic OH excluding ortho intramolecular Hbond substituents is 1. The molecule has 3 heterocycles. The number of imide groups is 1. The second-order valence-corrected chi connectivity index (χ2v) is 26.3. The first-order valence-electron chi connectivity index (χ1n) is 34.0. The van der Waals surface area contributed by atoms with Gasteiger partial charge in [-0.1, -0.05) is 86.1 Å². The number of aromatic nitrogens is 2. The summed E-state index contributed by atoms with van der Waals surface area (Å²) in [5, 5.41) is 46.6. The van der Waals surface area contributed by atoms with Gasteiger partial charge < -0.3 is 90.5 Å². The zero-order valence-corrected chi connectivity index (χ0v) is 58.3. The van der Waals surface area contributed by atoms with Crippen molar-refractivity contribution in [3.8, 4) is 5.75 Å². The fraction of sp³-hybridized carbons (Fsp3) is 0.437. The van der Waals surface area contributed by atoms with Gasteiger partial charge in [-0.2, -0.15) is 0 Å². The lowest BCUT2D eigenvalue weighted by Gasteiger charge is -2.31. The van der Waals surface area contributed by atoms with E-state index in [2.05, 4.69) is 62.8 Å². The first-order valence-corrected chi connectivity index (χ1v) is 34.4. The monoisotopic (exact) mass is 1430 g/mol. The Balaban J connectivity index is 1.05. The highest BCUT2D eigenvalue weighted by Gasteiger charge is 2.41. The Kier molecular flexibility index (Phi) is 29.7. The number of halogens is 1. The number of aliphatic hydroxyl groups excluding tert-OH is 1. The normalized spacial score (nSPS) is 15.4. The number of aliphatic imine (C=N–C) groups is 1. The number of benzene rings is 4. The molecule has 31 heteroatoms. The molecule has 6 aromatic rings. The summed E-state index contributed by atoms with van der Waals surface area (Å²) in [5.41, 5.74) is 27.5. The quantitative estimate of drug-likeness (QED) is 0.0142. The van der Waals surface area contributed by atoms with Crippen molar-refractivity contribution in [2.24, 2.45) is 33.8 Å². The van der Waals surface area contributed by atoms with Crippen LogP contribution in [-0.4, -0.2) is 183 Å². The molecule has 1 fully saturated rings. The van der Waals surface area contributed by atoms with Crippen LogP contribution in [0.5, 0.6) is 5.75 Å². The van der Waals surface area contributed by atoms with Gasteiger partial charge in [0.15, 0.2) is 5.96 Å². The molecule has 0 spiro atoms. The van der Waals surface area contributed by atoms with Gasteiger partial charge in [-0.3, -0.25) is 63.0 Å². The van der Waals surface area contributed by atoms with Gasteiger partial charge >= 0.3 is 0 Å². The van der Waals surface area contributed by atoms with Crippen LogP contribution in [-0.2, 0) is 78.4 Å². The molecule has 1 saturated heterocycles. The van der Waals surface area contributed by atoms with Gasteiger partial charge in [-0.15, -0.1) is 0 Å². The third-order valence-corrected chi connectivity index (χ3v) is 17.6. The minimum atomic E-state index is -1.73. The Bertz CT molecular complexity index is 3930. The number of fused-ring (bicyclic) bond motifs is 2. The second-order valence-electron chi connectivity index (χ2n) is 25.9. The molecule has 0 radical (unpaired) electrons. The van der Waals surface area contributed by atoms with E-state index in [-0.39, 0.29) is 101 Å². The summed E-state index contributed by atoms with van der Waals surface area (Å²) in [6, 6.07) is 13.6. The van der Waals surface area contributed by atoms with Crippen molar-refractivity contribution in [1.82, 2.24) is 62.7 Å². The number of nitrogens with two attached hydrogens (primary N) is 4. The highest BCUT2D eigenvalue weighted by molar-refractivity contribution is 6.30. The van der Waals surface area contributed by atoms with E-state index < -0.39 is 132 Å². The highest BCUT2D eigenvalue weighted by atomic mass is 35.5. The standard InChI is InChI=1S/C71H94ClN17O13/c1-39(2)31-55(64(96)83-54(18-11-29-77-71(75)76)70(102)89-30-12-19-60(89)69(101)80-40(3)61(93)88-67(99)57(81-41(4)91)34-44-36-78-51-15-7-5-13-48(44)51)85-63(95)53(17-9-10-28-73)82-65(97)56(33-43-22-26-47(92)27-23-43)86-68(100)59(38-90)87-66(98)58(35-45-37-79-52-16-8-6-14-49(45)52)84-62(94)50(74)32-42-20-24-46(72)25-21-42/h5-8,13-16,20-27,36-37,39-40,50,53-60,78-79,90,92H,9-12,17-19,28-35,38,73-74H2,1-4H3,(H,80,101)(H,81,91)(H,82,97)(H,83,96)(H,84,94)(H,85,95)(H,86,100)(H,87,98)(H4,75,76,77)(H,88,93,99)/t40-,50-,53-,54+,55+,56+,57-,58-,59+,60+/m1/s1. The Morgan fingerprint density at radius 3 is 1.67 bits per heavy atom. The number of nitrogens with one attached hydrogen (secondary N) is 11. The zero-order chi connectivity index (χ0) is 74.2. The van der Waals surface area contributed by atoms with Crippen LogP contribution < -0.4 is 70.8 Å². The maximum absolute atomic E-state index is 14.8. The largest absolute Gasteiger partial charge is 0.508 e. The van der Waals surface area contributed by atoms with Crippen molar-refractivity contribution >= 4 is 104 Å². The number of amides is 11. The van der Waals surface area contributed by atoms with Gasteiger partial charge in [0.2, 0.25) is 65.0 Å². The van der Waals surface area contributed by atoms with Crippen LogP contribution in [0.15, 0.2) is 114 Å². The number of nitrogens with zero attached hydrogens (tertiary/aromatic N) is 2. The molecule has 4 aromatic carbocycles. The number of hydrogen-bond acceptors (Lipinski definition) is 16. The minimum Gasteiger partial charge on any atom is -0.508 e. The minimum absolute atomic E-state index is 0.0120. The van der Waals surface area contributed by atoms with E-state index in [0.717, 1.165) is 21.8 Å². The average Bonchev–Trinajstić information content (AvgIpc) is 1.66. The van der Waals surface area contributed by atoms with E-state index >= 15 is 0 Å². The summed E-state index contributed by atoms with van der Waals surface area (Å²) in [5.74, 6) is -9.41. The van der Waals surface area contributed by atoms with Gasteiger partial charge in [0.25, 0.3) is 0 Å². The summed E-state index contributed by atoms with van der Waals surface area (Å²) in [6.45, 7) is 5.49. The van der Waals surface area contributed by atoms with E-state index in [1.165, 1.54) is 43.0 Å². The molecule has 11 amide bonds. The lowest BCUT2D eigenvalue weighted by molar-refractivity contribution is -0.143. The van der Waals surface area contributed by atoms with Crippen molar-refractivity contribution in [1.29, 1.82) is 0 Å². The number of aromatic amines is 2. The number of unbranched alkanes of at least 4 members (excludes halogenated alkanes) is 1. The molecule has 0 aliphatic carbocycles. The summed E-state index contributed by atoms with van der Waals surface area (Å²) in [7, 11) is 0. The first-order chi connectivity index (χ1) is 48.7. The van der Waals surface area contributed by atoms with Crippen molar-refractivity contribution in [3.05, 3.63) is 137 Å². The fourth-order valence-corrected chi connectivity index (χ4v) is 12.1. The number of para-hydroxylation sites is 2. The summed E-state index contributed by atoms with van der Waals surface area (Å²) < 4.78 is 0. The van der Waals surface area contributed by atoms with Gasteiger partial charge in [0.05, 0.1) is 12.6 Å². The molecule has 0 unspecified atom stereocenters. The molecule has 7 rings (SSSR count). The number of aromatic hydroxyl groups is 1. The smallest absolute Gasteiger partial charge is 0.249 e. The van der Waals surface area contributed by atoms with E-state index in [9.17, 15) is 63.0 Å². The van der Waals surface area contributed by atoms with Crippen LogP contribution in [0.1, 0.15) is 101 Å². The molecule has 10 atom stereocenters. The van der Waals surface area contributed by atoms with Crippen LogP contribution in [0.2, 0.25) is 5.02 Å². The molecular weight excluding hydrogens is 1330 g/mol. The molecule has 1 aliphatic rings. The predicted molar refractivity (Wildman–Crippen MR) is 383 cm³/mol. The van der Waals surface area contributed by atoms with Crippen LogP contribution in [0.25, 0.3) is 21.8 Å². The Morgan fingerprint density at radius 2 is 1.08 bits per heavy atom. The number of rotatable bonds is 37. The number of guanidine groups is 1. The van der Waals surface area contributed by atoms with E-state index in [4.69, 9.17) is 34.5 Å². The highest BCUT2D eigenvalue weighted by Crippen LogP contribution is 2.24. The predicted octanol–water partition coefficient (Wildman–Crippen LogP) is 0.379. The lowest BCUT2D eigenvalue weighted by Crippen LogP contribution is -2.61. The zero-order valence-electron chi connectivity index (χ0n) is 57.5. The van der Waals surface area contributed by atoms with E-state index in [1.807, 2.05) is 42.5 Å². The average molecular weight is 1430 g/mol. The number of H-pyrrole nitrogens is 2. The summed E-state index contributed by atoms with van der Waals surface area (Å²) >= 11 is 6.07. The van der Waals surface area contributed by atoms with Gasteiger partial charge in [0.1, 0.15) is 60.1 Å². The van der Waals surface area contributed by atoms with Gasteiger partial charge in [-0.05, 0) is 136 Å². The van der Waals surface area contributed by atoms with Crippen LogP contribution in [0.4, 0.5) is 0 Å². The third-order valence-electron chi connectivity index (χ3n) is 17.4. The van der Waals surface area contributed by atoms with E-state index in [1.54, 1.807) is 56.6 Å². The Hall–Kier alpha value is -10.4. The molecule has 0 bridgehead atoms. The van der Waals surface area contributed by atoms with E-state index in [0.29, 0.717) is 40.1 Å². The molecule has 1 aliphatic heterocycles. The first kappa shape index (κ1) is 78.9. The molecule has 2 aromatic heterocycles. The maximum atomic E-state index is 14.8. The molecule has 102 heavy (non-hydrogen) atoms. The molecule has 0 saturated carbocycles. The van der Waals surface area contributed by atoms with Gasteiger partial charge in [0, 0.05) is 78.5 Å². The Morgan fingerprint density at radius 1 is 0.578 bits per heavy atom. The maximum Gasteiger partial charge on any atom is 0.249 e.